The summed E-state index contributed by atoms with van der Waals surface area (Å²) in [5.41, 5.74) is 0. The monoisotopic (exact) mass is 239 g/mol. The summed E-state index contributed by atoms with van der Waals surface area (Å²) in [5.74, 6) is 1.74. The summed E-state index contributed by atoms with van der Waals surface area (Å²) in [4.78, 5) is 1.19. The van der Waals surface area contributed by atoms with Gasteiger partial charge in [0.1, 0.15) is 11.5 Å². The smallest absolute Gasteiger partial charge is 0.136 e. The summed E-state index contributed by atoms with van der Waals surface area (Å²) in [6.07, 6.45) is 1.22. The molecule has 4 heteroatoms. The molecule has 0 spiro atoms. The second kappa shape index (κ2) is 5.46. The van der Waals surface area contributed by atoms with E-state index in [0.29, 0.717) is 5.25 Å². The van der Waals surface area contributed by atoms with E-state index in [2.05, 4.69) is 11.4 Å². The maximum atomic E-state index is 5.38. The molecule has 1 aromatic carbocycles. The van der Waals surface area contributed by atoms with Gasteiger partial charge in [0.05, 0.1) is 14.2 Å². The number of nitrogens with one attached hydrogen (secondary N) is 1. The summed E-state index contributed by atoms with van der Waals surface area (Å²) in [6.45, 7) is 2.20. The summed E-state index contributed by atoms with van der Waals surface area (Å²) in [7, 11) is 3.37. The van der Waals surface area contributed by atoms with Crippen molar-refractivity contribution in [3.8, 4) is 11.5 Å². The van der Waals surface area contributed by atoms with Gasteiger partial charge in [-0.15, -0.1) is 11.8 Å². The van der Waals surface area contributed by atoms with Gasteiger partial charge in [-0.25, -0.2) is 0 Å². The van der Waals surface area contributed by atoms with Crippen LogP contribution in [0.25, 0.3) is 0 Å². The van der Waals surface area contributed by atoms with Crippen LogP contribution in [0.1, 0.15) is 6.42 Å². The topological polar surface area (TPSA) is 30.5 Å². The molecule has 0 bridgehead atoms. The third kappa shape index (κ3) is 2.62. The molecule has 88 valence electrons. The zero-order valence-electron chi connectivity index (χ0n) is 9.66. The molecular formula is C12H17NO2S. The molecule has 0 aromatic heterocycles. The van der Waals surface area contributed by atoms with E-state index in [1.165, 1.54) is 11.3 Å². The fourth-order valence-electron chi connectivity index (χ4n) is 1.78. The Morgan fingerprint density at radius 3 is 2.81 bits per heavy atom. The highest BCUT2D eigenvalue weighted by Gasteiger charge is 2.17. The van der Waals surface area contributed by atoms with Gasteiger partial charge < -0.3 is 14.8 Å². The van der Waals surface area contributed by atoms with Crippen molar-refractivity contribution in [3.05, 3.63) is 18.2 Å². The first-order valence-electron chi connectivity index (χ1n) is 5.43. The van der Waals surface area contributed by atoms with Crippen LogP contribution in [0.4, 0.5) is 0 Å². The molecule has 1 aromatic rings. The van der Waals surface area contributed by atoms with Crippen molar-refractivity contribution < 1.29 is 9.47 Å². The number of methoxy groups -OCH3 is 2. The number of rotatable bonds is 4. The first-order chi connectivity index (χ1) is 7.83. The van der Waals surface area contributed by atoms with Crippen LogP contribution in [-0.4, -0.2) is 32.6 Å². The summed E-state index contributed by atoms with van der Waals surface area (Å²) in [5, 5.41) is 4.02. The molecule has 1 aliphatic heterocycles. The van der Waals surface area contributed by atoms with Gasteiger partial charge >= 0.3 is 0 Å². The van der Waals surface area contributed by atoms with Gasteiger partial charge in [-0.2, -0.15) is 0 Å². The van der Waals surface area contributed by atoms with Crippen molar-refractivity contribution >= 4 is 11.8 Å². The van der Waals surface area contributed by atoms with Gasteiger partial charge in [-0.05, 0) is 25.1 Å². The average molecular weight is 239 g/mol. The van der Waals surface area contributed by atoms with Gasteiger partial charge in [-0.1, -0.05) is 0 Å². The minimum atomic E-state index is 0.655. The fraction of sp³-hybridized carbons (Fsp3) is 0.500. The third-order valence-electron chi connectivity index (χ3n) is 2.68. The molecule has 1 aliphatic rings. The largest absolute Gasteiger partial charge is 0.497 e. The van der Waals surface area contributed by atoms with E-state index in [0.717, 1.165) is 24.6 Å². The fourth-order valence-corrected chi connectivity index (χ4v) is 2.98. The number of hydrogen-bond acceptors (Lipinski definition) is 4. The Labute approximate surface area is 101 Å². The van der Waals surface area contributed by atoms with Crippen LogP contribution in [0.5, 0.6) is 11.5 Å². The van der Waals surface area contributed by atoms with E-state index < -0.39 is 0 Å². The molecule has 3 nitrogen and oxygen atoms in total. The Hall–Kier alpha value is -0.870. The van der Waals surface area contributed by atoms with E-state index in [4.69, 9.17) is 9.47 Å². The van der Waals surface area contributed by atoms with E-state index in [1.54, 1.807) is 14.2 Å². The van der Waals surface area contributed by atoms with Gasteiger partial charge in [0.25, 0.3) is 0 Å². The Morgan fingerprint density at radius 2 is 2.19 bits per heavy atom. The SMILES string of the molecule is COc1ccc(SC2CCNC2)c(OC)c1. The Bertz CT molecular complexity index is 351. The van der Waals surface area contributed by atoms with Gasteiger partial charge in [0.15, 0.2) is 0 Å². The standard InChI is InChI=1S/C12H17NO2S/c1-14-9-3-4-12(11(7-9)15-2)16-10-5-6-13-8-10/h3-4,7,10,13H,5-6,8H2,1-2H3. The van der Waals surface area contributed by atoms with Gasteiger partial charge in [-0.3, -0.25) is 0 Å². The van der Waals surface area contributed by atoms with E-state index in [1.807, 2.05) is 23.9 Å². The highest BCUT2D eigenvalue weighted by atomic mass is 32.2. The van der Waals surface area contributed by atoms with Crippen LogP contribution in [0.3, 0.4) is 0 Å². The Morgan fingerprint density at radius 1 is 1.31 bits per heavy atom. The zero-order valence-corrected chi connectivity index (χ0v) is 10.5. The molecule has 16 heavy (non-hydrogen) atoms. The van der Waals surface area contributed by atoms with Crippen LogP contribution < -0.4 is 14.8 Å². The molecular weight excluding hydrogens is 222 g/mol. The Balaban J connectivity index is 2.12. The second-order valence-electron chi connectivity index (χ2n) is 3.75. The van der Waals surface area contributed by atoms with Crippen LogP contribution >= 0.6 is 11.8 Å². The van der Waals surface area contributed by atoms with E-state index in [9.17, 15) is 0 Å². The second-order valence-corrected chi connectivity index (χ2v) is 5.09. The van der Waals surface area contributed by atoms with Crippen molar-refractivity contribution in [1.82, 2.24) is 5.32 Å². The van der Waals surface area contributed by atoms with Crippen LogP contribution in [0, 0.1) is 0 Å². The first kappa shape index (κ1) is 11.6. The quantitative estimate of drug-likeness (QED) is 0.872. The molecule has 1 fully saturated rings. The van der Waals surface area contributed by atoms with Gasteiger partial charge in [0.2, 0.25) is 0 Å². The lowest BCUT2D eigenvalue weighted by Gasteiger charge is -2.13. The number of hydrogen-bond donors (Lipinski definition) is 1. The zero-order chi connectivity index (χ0) is 11.4. The van der Waals surface area contributed by atoms with Crippen LogP contribution in [-0.2, 0) is 0 Å². The maximum Gasteiger partial charge on any atom is 0.136 e. The normalized spacial score (nSPS) is 19.8. The lowest BCUT2D eigenvalue weighted by Crippen LogP contribution is -2.10. The first-order valence-corrected chi connectivity index (χ1v) is 6.31. The number of benzene rings is 1. The lowest BCUT2D eigenvalue weighted by atomic mass is 10.3. The lowest BCUT2D eigenvalue weighted by molar-refractivity contribution is 0.387. The summed E-state index contributed by atoms with van der Waals surface area (Å²) < 4.78 is 10.6. The molecule has 2 rings (SSSR count). The van der Waals surface area contributed by atoms with Gasteiger partial charge in [0, 0.05) is 22.8 Å². The van der Waals surface area contributed by atoms with Crippen molar-refractivity contribution in [3.63, 3.8) is 0 Å². The molecule has 1 saturated heterocycles. The number of thioether (sulfide) groups is 1. The molecule has 0 aliphatic carbocycles. The molecule has 0 amide bonds. The molecule has 0 saturated carbocycles. The minimum Gasteiger partial charge on any atom is -0.497 e. The minimum absolute atomic E-state index is 0.655. The predicted molar refractivity (Wildman–Crippen MR) is 66.7 cm³/mol. The van der Waals surface area contributed by atoms with Crippen LogP contribution in [0.15, 0.2) is 23.1 Å². The van der Waals surface area contributed by atoms with E-state index >= 15 is 0 Å². The Kier molecular flexibility index (Phi) is 3.96. The van der Waals surface area contributed by atoms with Crippen molar-refractivity contribution in [2.75, 3.05) is 27.3 Å². The summed E-state index contributed by atoms with van der Waals surface area (Å²) in [6, 6.07) is 5.98. The maximum absolute atomic E-state index is 5.38. The average Bonchev–Trinajstić information content (AvgIpc) is 2.82. The molecule has 0 radical (unpaired) electrons. The van der Waals surface area contributed by atoms with Crippen molar-refractivity contribution in [1.29, 1.82) is 0 Å². The molecule has 1 atom stereocenters. The molecule has 1 unspecified atom stereocenters. The van der Waals surface area contributed by atoms with Crippen LogP contribution in [0.2, 0.25) is 0 Å². The van der Waals surface area contributed by atoms with Crippen molar-refractivity contribution in [2.45, 2.75) is 16.6 Å². The van der Waals surface area contributed by atoms with Crippen molar-refractivity contribution in [2.24, 2.45) is 0 Å². The number of ether oxygens (including phenoxy) is 2. The predicted octanol–water partition coefficient (Wildman–Crippen LogP) is 2.16. The molecule has 1 heterocycles. The third-order valence-corrected chi connectivity index (χ3v) is 4.01. The highest BCUT2D eigenvalue weighted by molar-refractivity contribution is 8.00. The molecule has 1 N–H and O–H groups in total. The highest BCUT2D eigenvalue weighted by Crippen LogP contribution is 2.36. The van der Waals surface area contributed by atoms with E-state index in [-0.39, 0.29) is 0 Å². The summed E-state index contributed by atoms with van der Waals surface area (Å²) >= 11 is 1.88.